The lowest BCUT2D eigenvalue weighted by Crippen LogP contribution is -2.50. The summed E-state index contributed by atoms with van der Waals surface area (Å²) in [6, 6.07) is 3.89. The van der Waals surface area contributed by atoms with Gasteiger partial charge in [0.25, 0.3) is 0 Å². The van der Waals surface area contributed by atoms with Gasteiger partial charge in [-0.2, -0.15) is 0 Å². The van der Waals surface area contributed by atoms with E-state index in [2.05, 4.69) is 15.5 Å². The molecular formula is C16H23N3O3S. The molecule has 2 atom stereocenters. The van der Waals surface area contributed by atoms with Crippen LogP contribution in [0.3, 0.4) is 0 Å². The molecule has 3 N–H and O–H groups in total. The second-order valence-corrected chi connectivity index (χ2v) is 6.01. The zero-order valence-electron chi connectivity index (χ0n) is 13.2. The summed E-state index contributed by atoms with van der Waals surface area (Å²) < 4.78 is 0. The smallest absolute Gasteiger partial charge is 0.145 e. The summed E-state index contributed by atoms with van der Waals surface area (Å²) in [6.45, 7) is -0.400. The van der Waals surface area contributed by atoms with Crippen molar-refractivity contribution < 1.29 is 15.1 Å². The first-order valence-corrected chi connectivity index (χ1v) is 8.17. The SMILES string of the molecule is CNC(=S)C1(c2cccnc2)CCCCC1=NOCC(O)CO. The Balaban J connectivity index is 2.36. The Morgan fingerprint density at radius 3 is 3.04 bits per heavy atom. The molecule has 0 saturated heterocycles. The summed E-state index contributed by atoms with van der Waals surface area (Å²) in [4.78, 5) is 10.2. The van der Waals surface area contributed by atoms with Crippen molar-refractivity contribution in [3.63, 3.8) is 0 Å². The number of aromatic nitrogens is 1. The summed E-state index contributed by atoms with van der Waals surface area (Å²) in [5.41, 5.74) is 1.30. The summed E-state index contributed by atoms with van der Waals surface area (Å²) in [5.74, 6) is 0. The molecule has 2 unspecified atom stereocenters. The van der Waals surface area contributed by atoms with Gasteiger partial charge in [-0.15, -0.1) is 0 Å². The number of aliphatic hydroxyl groups excluding tert-OH is 2. The van der Waals surface area contributed by atoms with Crippen LogP contribution in [0.5, 0.6) is 0 Å². The van der Waals surface area contributed by atoms with E-state index in [0.717, 1.165) is 37.0 Å². The molecule has 1 heterocycles. The molecule has 1 aromatic heterocycles. The molecule has 23 heavy (non-hydrogen) atoms. The molecule has 0 radical (unpaired) electrons. The van der Waals surface area contributed by atoms with E-state index in [1.807, 2.05) is 25.4 Å². The number of rotatable bonds is 6. The molecule has 2 rings (SSSR count). The molecular weight excluding hydrogens is 314 g/mol. The number of aliphatic hydroxyl groups is 2. The fraction of sp³-hybridized carbons (Fsp3) is 0.562. The van der Waals surface area contributed by atoms with Crippen molar-refractivity contribution in [2.75, 3.05) is 20.3 Å². The number of likely N-dealkylation sites (N-methyl/N-ethyl adjacent to an activating group) is 1. The molecule has 1 aliphatic rings. The molecule has 0 aromatic carbocycles. The van der Waals surface area contributed by atoms with Crippen molar-refractivity contribution in [3.8, 4) is 0 Å². The van der Waals surface area contributed by atoms with Crippen LogP contribution in [0, 0.1) is 0 Å². The fourth-order valence-electron chi connectivity index (χ4n) is 2.93. The topological polar surface area (TPSA) is 87.0 Å². The van der Waals surface area contributed by atoms with Crippen LogP contribution in [0.25, 0.3) is 0 Å². The summed E-state index contributed by atoms with van der Waals surface area (Å²) >= 11 is 5.61. The van der Waals surface area contributed by atoms with E-state index in [1.54, 1.807) is 6.20 Å². The number of thiocarbonyl (C=S) groups is 1. The van der Waals surface area contributed by atoms with Crippen LogP contribution in [0.1, 0.15) is 31.2 Å². The lowest BCUT2D eigenvalue weighted by atomic mass is 9.68. The van der Waals surface area contributed by atoms with Crippen LogP contribution in [-0.4, -0.2) is 52.3 Å². The Morgan fingerprint density at radius 1 is 1.57 bits per heavy atom. The lowest BCUT2D eigenvalue weighted by molar-refractivity contribution is 0.00755. The lowest BCUT2D eigenvalue weighted by Gasteiger charge is -2.38. The molecule has 0 bridgehead atoms. The largest absolute Gasteiger partial charge is 0.394 e. The number of pyridine rings is 1. The van der Waals surface area contributed by atoms with E-state index in [-0.39, 0.29) is 13.2 Å². The highest BCUT2D eigenvalue weighted by molar-refractivity contribution is 7.80. The van der Waals surface area contributed by atoms with Gasteiger partial charge in [-0.05, 0) is 30.9 Å². The maximum Gasteiger partial charge on any atom is 0.145 e. The molecule has 1 saturated carbocycles. The van der Waals surface area contributed by atoms with Crippen molar-refractivity contribution in [1.82, 2.24) is 10.3 Å². The third kappa shape index (κ3) is 3.85. The first kappa shape index (κ1) is 17.8. The van der Waals surface area contributed by atoms with Crippen LogP contribution in [-0.2, 0) is 10.3 Å². The van der Waals surface area contributed by atoms with Crippen LogP contribution in [0.15, 0.2) is 29.7 Å². The minimum atomic E-state index is -0.938. The van der Waals surface area contributed by atoms with Crippen molar-refractivity contribution in [2.24, 2.45) is 5.16 Å². The molecule has 1 aliphatic carbocycles. The highest BCUT2D eigenvalue weighted by atomic mass is 32.1. The van der Waals surface area contributed by atoms with E-state index in [1.165, 1.54) is 0 Å². The van der Waals surface area contributed by atoms with Gasteiger partial charge in [0.2, 0.25) is 0 Å². The number of oxime groups is 1. The third-order valence-electron chi connectivity index (χ3n) is 4.13. The van der Waals surface area contributed by atoms with Gasteiger partial charge >= 0.3 is 0 Å². The van der Waals surface area contributed by atoms with E-state index in [9.17, 15) is 5.11 Å². The third-order valence-corrected chi connectivity index (χ3v) is 4.68. The molecule has 6 nitrogen and oxygen atoms in total. The Morgan fingerprint density at radius 2 is 2.39 bits per heavy atom. The standard InChI is InChI=1S/C16H23N3O3S/c1-17-15(23)16(12-5-4-8-18-9-12)7-3-2-6-14(16)19-22-11-13(21)10-20/h4-5,8-9,13,20-21H,2-3,6-7,10-11H2,1H3,(H,17,23). The van der Waals surface area contributed by atoms with Gasteiger partial charge in [-0.25, -0.2) is 0 Å². The van der Waals surface area contributed by atoms with E-state index in [0.29, 0.717) is 4.99 Å². The summed E-state index contributed by atoms with van der Waals surface area (Å²) in [6.07, 6.45) is 6.26. The van der Waals surface area contributed by atoms with Crippen molar-refractivity contribution in [1.29, 1.82) is 0 Å². The van der Waals surface area contributed by atoms with Gasteiger partial charge < -0.3 is 20.4 Å². The van der Waals surface area contributed by atoms with Gasteiger partial charge in [0, 0.05) is 19.4 Å². The van der Waals surface area contributed by atoms with Gasteiger partial charge in [0.05, 0.1) is 22.7 Å². The van der Waals surface area contributed by atoms with Crippen molar-refractivity contribution in [2.45, 2.75) is 37.2 Å². The average molecular weight is 337 g/mol. The quantitative estimate of drug-likeness (QED) is 0.533. The molecule has 0 aliphatic heterocycles. The Bertz CT molecular complexity index is 553. The van der Waals surface area contributed by atoms with Gasteiger partial charge in [-0.3, -0.25) is 4.98 Å². The van der Waals surface area contributed by atoms with Crippen LogP contribution >= 0.6 is 12.2 Å². The number of nitrogens with one attached hydrogen (secondary N) is 1. The molecule has 1 fully saturated rings. The van der Waals surface area contributed by atoms with Crippen LogP contribution in [0.4, 0.5) is 0 Å². The van der Waals surface area contributed by atoms with Crippen LogP contribution < -0.4 is 5.32 Å². The summed E-state index contributed by atoms with van der Waals surface area (Å²) in [5, 5.41) is 25.6. The van der Waals surface area contributed by atoms with E-state index < -0.39 is 11.5 Å². The zero-order valence-corrected chi connectivity index (χ0v) is 14.1. The van der Waals surface area contributed by atoms with Crippen LogP contribution in [0.2, 0.25) is 0 Å². The molecule has 1 aromatic rings. The maximum atomic E-state index is 9.40. The minimum Gasteiger partial charge on any atom is -0.394 e. The van der Waals surface area contributed by atoms with Gasteiger partial charge in [-0.1, -0.05) is 29.9 Å². The summed E-state index contributed by atoms with van der Waals surface area (Å²) in [7, 11) is 1.81. The van der Waals surface area contributed by atoms with Crippen molar-refractivity contribution in [3.05, 3.63) is 30.1 Å². The maximum absolute atomic E-state index is 9.40. The highest BCUT2D eigenvalue weighted by Gasteiger charge is 2.44. The zero-order chi connectivity index (χ0) is 16.7. The second kappa shape index (κ2) is 8.33. The molecule has 0 amide bonds. The molecule has 0 spiro atoms. The molecule has 126 valence electrons. The fourth-order valence-corrected chi connectivity index (χ4v) is 3.27. The van der Waals surface area contributed by atoms with Crippen molar-refractivity contribution >= 4 is 22.9 Å². The molecule has 7 heteroatoms. The predicted octanol–water partition coefficient (Wildman–Crippen LogP) is 1.17. The normalized spacial score (nSPS) is 24.2. The first-order chi connectivity index (χ1) is 11.1. The van der Waals surface area contributed by atoms with E-state index in [4.69, 9.17) is 22.2 Å². The predicted molar refractivity (Wildman–Crippen MR) is 92.5 cm³/mol. The Labute approximate surface area is 141 Å². The monoisotopic (exact) mass is 337 g/mol. The highest BCUT2D eigenvalue weighted by Crippen LogP contribution is 2.38. The Hall–Kier alpha value is -1.57. The van der Waals surface area contributed by atoms with Gasteiger partial charge in [0.1, 0.15) is 12.7 Å². The number of hydrogen-bond acceptors (Lipinski definition) is 6. The number of hydrogen-bond donors (Lipinski definition) is 3. The first-order valence-electron chi connectivity index (χ1n) is 7.76. The average Bonchev–Trinajstić information content (AvgIpc) is 2.62. The Kier molecular flexibility index (Phi) is 6.44. The van der Waals surface area contributed by atoms with E-state index >= 15 is 0 Å². The number of nitrogens with zero attached hydrogens (tertiary/aromatic N) is 2. The van der Waals surface area contributed by atoms with Gasteiger partial charge in [0.15, 0.2) is 0 Å². The minimum absolute atomic E-state index is 0.0462. The second-order valence-electron chi connectivity index (χ2n) is 5.60.